The molecule has 6 aromatic rings. The Labute approximate surface area is 191 Å². The minimum atomic E-state index is 0.819. The highest BCUT2D eigenvalue weighted by Crippen LogP contribution is 2.45. The predicted octanol–water partition coefficient (Wildman–Crippen LogP) is 6.99. The van der Waals surface area contributed by atoms with Crippen LogP contribution in [0, 0.1) is 0 Å². The highest BCUT2D eigenvalue weighted by atomic mass is 16.5. The summed E-state index contributed by atoms with van der Waals surface area (Å²) in [7, 11) is 3.40. The molecule has 2 heterocycles. The number of hydrogen-bond donors (Lipinski definition) is 0. The Hall–Kier alpha value is -4.31. The third kappa shape index (κ3) is 3.03. The van der Waals surface area contributed by atoms with Gasteiger partial charge in [0, 0.05) is 17.1 Å². The van der Waals surface area contributed by atoms with Crippen molar-refractivity contribution in [1.29, 1.82) is 0 Å². The Kier molecular flexibility index (Phi) is 4.51. The third-order valence-corrected chi connectivity index (χ3v) is 6.19. The first-order valence-electron chi connectivity index (χ1n) is 10.9. The number of aromatic nitrogens is 2. The summed E-state index contributed by atoms with van der Waals surface area (Å²) < 4.78 is 13.3. The molecule has 0 aliphatic heterocycles. The molecule has 33 heavy (non-hydrogen) atoms. The van der Waals surface area contributed by atoms with E-state index >= 15 is 0 Å². The van der Waals surface area contributed by atoms with Gasteiger partial charge in [-0.25, -0.2) is 4.98 Å². The van der Waals surface area contributed by atoms with Crippen LogP contribution in [0.1, 0.15) is 0 Å². The molecule has 0 radical (unpaired) electrons. The number of nitrogens with zero attached hydrogens (tertiary/aromatic N) is 2. The van der Waals surface area contributed by atoms with Crippen LogP contribution in [0.2, 0.25) is 0 Å². The van der Waals surface area contributed by atoms with Gasteiger partial charge in [0.2, 0.25) is 0 Å². The number of pyridine rings is 1. The molecule has 4 heteroatoms. The minimum Gasteiger partial charge on any atom is -0.497 e. The van der Waals surface area contributed by atoms with Gasteiger partial charge in [0.15, 0.2) is 0 Å². The monoisotopic (exact) mass is 430 g/mol. The number of imidazole rings is 1. The summed E-state index contributed by atoms with van der Waals surface area (Å²) in [5.74, 6) is 1.64. The molecule has 0 aliphatic carbocycles. The second-order valence-electron chi connectivity index (χ2n) is 8.00. The van der Waals surface area contributed by atoms with Crippen LogP contribution in [0.25, 0.3) is 49.7 Å². The van der Waals surface area contributed by atoms with Crippen molar-refractivity contribution in [2.24, 2.45) is 0 Å². The van der Waals surface area contributed by atoms with Crippen molar-refractivity contribution in [3.63, 3.8) is 0 Å². The summed E-state index contributed by atoms with van der Waals surface area (Å²) in [5.41, 5.74) is 7.43. The fourth-order valence-electron chi connectivity index (χ4n) is 4.72. The van der Waals surface area contributed by atoms with E-state index < -0.39 is 0 Å². The van der Waals surface area contributed by atoms with Crippen molar-refractivity contribution < 1.29 is 9.47 Å². The van der Waals surface area contributed by atoms with Crippen LogP contribution >= 0.6 is 0 Å². The fraction of sp³-hybridized carbons (Fsp3) is 0.0690. The van der Waals surface area contributed by atoms with Crippen LogP contribution in [0.4, 0.5) is 0 Å². The minimum absolute atomic E-state index is 0.819. The van der Waals surface area contributed by atoms with Crippen molar-refractivity contribution in [2.45, 2.75) is 0 Å². The van der Waals surface area contributed by atoms with E-state index in [4.69, 9.17) is 14.5 Å². The molecule has 0 N–H and O–H groups in total. The average Bonchev–Trinajstić information content (AvgIpc) is 3.27. The average molecular weight is 431 g/mol. The van der Waals surface area contributed by atoms with Crippen molar-refractivity contribution in [3.05, 3.63) is 97.2 Å². The lowest BCUT2D eigenvalue weighted by Gasteiger charge is -2.17. The van der Waals surface area contributed by atoms with E-state index in [1.165, 1.54) is 0 Å². The van der Waals surface area contributed by atoms with Gasteiger partial charge in [-0.15, -0.1) is 0 Å². The molecular formula is C29H22N2O2. The maximum absolute atomic E-state index is 5.58. The number of benzene rings is 4. The second kappa shape index (κ2) is 7.68. The number of hydrogen-bond acceptors (Lipinski definition) is 3. The Morgan fingerprint density at radius 1 is 0.636 bits per heavy atom. The van der Waals surface area contributed by atoms with Crippen LogP contribution in [-0.4, -0.2) is 23.6 Å². The Bertz CT molecular complexity index is 1650. The van der Waals surface area contributed by atoms with Crippen LogP contribution < -0.4 is 9.47 Å². The smallest absolute Gasteiger partial charge is 0.137 e. The van der Waals surface area contributed by atoms with Gasteiger partial charge in [0.1, 0.15) is 17.1 Å². The maximum atomic E-state index is 5.58. The molecule has 6 rings (SSSR count). The molecular weight excluding hydrogens is 408 g/mol. The van der Waals surface area contributed by atoms with Gasteiger partial charge in [-0.3, -0.25) is 4.40 Å². The molecule has 4 nitrogen and oxygen atoms in total. The normalized spacial score (nSPS) is 11.3. The Morgan fingerprint density at radius 3 is 1.97 bits per heavy atom. The quantitative estimate of drug-likeness (QED) is 0.302. The van der Waals surface area contributed by atoms with Gasteiger partial charge in [-0.1, -0.05) is 54.6 Å². The van der Waals surface area contributed by atoms with Crippen LogP contribution in [0.5, 0.6) is 11.5 Å². The molecule has 0 saturated carbocycles. The lowest BCUT2D eigenvalue weighted by atomic mass is 9.88. The molecule has 0 aliphatic rings. The van der Waals surface area contributed by atoms with E-state index in [9.17, 15) is 0 Å². The van der Waals surface area contributed by atoms with Gasteiger partial charge < -0.3 is 9.47 Å². The van der Waals surface area contributed by atoms with E-state index in [0.717, 1.165) is 61.2 Å². The summed E-state index contributed by atoms with van der Waals surface area (Å²) in [6, 6.07) is 31.1. The zero-order valence-electron chi connectivity index (χ0n) is 18.4. The Balaban J connectivity index is 1.88. The van der Waals surface area contributed by atoms with Gasteiger partial charge >= 0.3 is 0 Å². The SMILES string of the molecule is COc1cccc(-c2c(-c3cccc(OC)c3)c3c(nc4ccccn43)c3ccccc23)c1. The number of ether oxygens (including phenoxy) is 2. The van der Waals surface area contributed by atoms with Gasteiger partial charge in [-0.05, 0) is 58.5 Å². The molecule has 160 valence electrons. The molecule has 4 aromatic carbocycles. The topological polar surface area (TPSA) is 35.8 Å². The second-order valence-corrected chi connectivity index (χ2v) is 8.00. The van der Waals surface area contributed by atoms with E-state index in [0.29, 0.717) is 0 Å². The molecule has 0 amide bonds. The van der Waals surface area contributed by atoms with E-state index in [2.05, 4.69) is 65.2 Å². The zero-order chi connectivity index (χ0) is 22.4. The summed E-state index contributed by atoms with van der Waals surface area (Å²) >= 11 is 0. The fourth-order valence-corrected chi connectivity index (χ4v) is 4.72. The van der Waals surface area contributed by atoms with Crippen LogP contribution in [0.15, 0.2) is 97.2 Å². The summed E-state index contributed by atoms with van der Waals surface area (Å²) in [6.45, 7) is 0. The highest BCUT2D eigenvalue weighted by molar-refractivity contribution is 6.20. The molecule has 0 saturated heterocycles. The number of fused-ring (bicyclic) bond motifs is 5. The number of methoxy groups -OCH3 is 2. The molecule has 0 bridgehead atoms. The van der Waals surface area contributed by atoms with E-state index in [1.54, 1.807) is 14.2 Å². The van der Waals surface area contributed by atoms with Gasteiger partial charge in [0.25, 0.3) is 0 Å². The first-order valence-corrected chi connectivity index (χ1v) is 10.9. The van der Waals surface area contributed by atoms with Crippen LogP contribution in [0.3, 0.4) is 0 Å². The zero-order valence-corrected chi connectivity index (χ0v) is 18.4. The summed E-state index contributed by atoms with van der Waals surface area (Å²) in [4.78, 5) is 5.05. The first kappa shape index (κ1) is 19.4. The van der Waals surface area contributed by atoms with Crippen molar-refractivity contribution in [2.75, 3.05) is 14.2 Å². The molecule has 0 atom stereocenters. The van der Waals surface area contributed by atoms with Gasteiger partial charge in [-0.2, -0.15) is 0 Å². The lowest BCUT2D eigenvalue weighted by Crippen LogP contribution is -1.94. The van der Waals surface area contributed by atoms with Gasteiger partial charge in [0.05, 0.1) is 25.3 Å². The van der Waals surface area contributed by atoms with Crippen LogP contribution in [-0.2, 0) is 0 Å². The molecule has 2 aromatic heterocycles. The lowest BCUT2D eigenvalue weighted by molar-refractivity contribution is 0.415. The van der Waals surface area contributed by atoms with E-state index in [1.807, 2.05) is 36.4 Å². The number of rotatable bonds is 4. The standard InChI is InChI=1S/C29H22N2O2/c1-32-21-11-7-9-19(17-21)26-23-13-3-4-14-24(23)28-29(31-16-6-5-15-25(31)30-28)27(26)20-10-8-12-22(18-20)33-2/h3-18H,1-2H3. The largest absolute Gasteiger partial charge is 0.497 e. The third-order valence-electron chi connectivity index (χ3n) is 6.19. The Morgan fingerprint density at radius 2 is 1.27 bits per heavy atom. The predicted molar refractivity (Wildman–Crippen MR) is 134 cm³/mol. The highest BCUT2D eigenvalue weighted by Gasteiger charge is 2.21. The van der Waals surface area contributed by atoms with Crippen molar-refractivity contribution >= 4 is 27.5 Å². The summed E-state index contributed by atoms with van der Waals surface area (Å²) in [5, 5.41) is 2.28. The summed E-state index contributed by atoms with van der Waals surface area (Å²) in [6.07, 6.45) is 2.08. The molecule has 0 spiro atoms. The van der Waals surface area contributed by atoms with Crippen molar-refractivity contribution in [1.82, 2.24) is 9.38 Å². The maximum Gasteiger partial charge on any atom is 0.137 e. The molecule has 0 fully saturated rings. The van der Waals surface area contributed by atoms with E-state index in [-0.39, 0.29) is 0 Å². The molecule has 0 unspecified atom stereocenters. The van der Waals surface area contributed by atoms with Crippen molar-refractivity contribution in [3.8, 4) is 33.8 Å². The first-order chi connectivity index (χ1) is 16.3.